The number of imide groups is 1. The molecule has 0 atom stereocenters. The minimum atomic E-state index is -0.707. The molecule has 0 radical (unpaired) electrons. The van der Waals surface area contributed by atoms with Gasteiger partial charge in [-0.25, -0.2) is 9.59 Å². The Morgan fingerprint density at radius 3 is 1.86 bits per heavy atom. The van der Waals surface area contributed by atoms with Gasteiger partial charge in [-0.3, -0.25) is 9.59 Å². The molecule has 3 amide bonds. The summed E-state index contributed by atoms with van der Waals surface area (Å²) in [4.78, 5) is 50.2. The van der Waals surface area contributed by atoms with Crippen molar-refractivity contribution in [3.63, 3.8) is 0 Å². The number of ether oxygens (including phenoxy) is 4. The summed E-state index contributed by atoms with van der Waals surface area (Å²) in [6.45, 7) is 7.34. The van der Waals surface area contributed by atoms with Crippen LogP contribution in [0.3, 0.4) is 0 Å². The Balaban J connectivity index is 1.86. The molecule has 11 heteroatoms. The summed E-state index contributed by atoms with van der Waals surface area (Å²) >= 11 is 0. The molecular formula is C18H30N2O9. The molecule has 0 saturated carbocycles. The lowest BCUT2D eigenvalue weighted by Gasteiger charge is -2.19. The zero-order chi connectivity index (χ0) is 21.7. The van der Waals surface area contributed by atoms with Crippen LogP contribution in [0.5, 0.6) is 0 Å². The van der Waals surface area contributed by atoms with Crippen LogP contribution in [0, 0.1) is 0 Å². The van der Waals surface area contributed by atoms with Crippen LogP contribution < -0.4 is 5.32 Å². The van der Waals surface area contributed by atoms with Crippen LogP contribution in [0.1, 0.15) is 40.0 Å². The van der Waals surface area contributed by atoms with Crippen molar-refractivity contribution in [1.29, 1.82) is 0 Å². The summed E-state index contributed by atoms with van der Waals surface area (Å²) in [7, 11) is 0. The van der Waals surface area contributed by atoms with Gasteiger partial charge in [0.25, 0.3) is 11.8 Å². The molecule has 1 aliphatic heterocycles. The number of carbonyl (C=O) groups excluding carboxylic acids is 4. The third-order valence-electron chi connectivity index (χ3n) is 3.33. The Bertz CT molecular complexity index is 544. The van der Waals surface area contributed by atoms with E-state index in [4.69, 9.17) is 23.8 Å². The third-order valence-corrected chi connectivity index (χ3v) is 3.33. The molecule has 0 aromatic carbocycles. The molecule has 0 spiro atoms. The summed E-state index contributed by atoms with van der Waals surface area (Å²) in [5, 5.41) is 3.17. The highest BCUT2D eigenvalue weighted by Crippen LogP contribution is 2.12. The van der Waals surface area contributed by atoms with Gasteiger partial charge in [-0.1, -0.05) is 0 Å². The van der Waals surface area contributed by atoms with E-state index < -0.39 is 23.9 Å². The third kappa shape index (κ3) is 12.0. The minimum absolute atomic E-state index is 0.0588. The maximum Gasteiger partial charge on any atom is 0.407 e. The van der Waals surface area contributed by atoms with E-state index in [2.05, 4.69) is 5.32 Å². The van der Waals surface area contributed by atoms with Gasteiger partial charge in [-0.2, -0.15) is 0 Å². The van der Waals surface area contributed by atoms with Gasteiger partial charge in [0.1, 0.15) is 6.61 Å². The first-order chi connectivity index (χ1) is 13.7. The van der Waals surface area contributed by atoms with Gasteiger partial charge in [0.15, 0.2) is 0 Å². The van der Waals surface area contributed by atoms with Crippen LogP contribution >= 0.6 is 0 Å². The molecule has 1 saturated heterocycles. The standard InChI is InChI=1S/C18H30N2O9/c1-18(2,3)19-17(24)28-13-12-27-11-10-26-9-8-25-7-6-16(23)29-20-14(21)4-5-15(20)22/h4-13H2,1-3H3,(H,19,24). The van der Waals surface area contributed by atoms with Gasteiger partial charge in [0.05, 0.1) is 46.1 Å². The molecule has 166 valence electrons. The normalized spacial score (nSPS) is 14.2. The molecule has 0 unspecified atom stereocenters. The highest BCUT2D eigenvalue weighted by Gasteiger charge is 2.32. The molecule has 1 heterocycles. The number of carbonyl (C=O) groups is 4. The van der Waals surface area contributed by atoms with Crippen molar-refractivity contribution >= 4 is 23.9 Å². The smallest absolute Gasteiger partial charge is 0.407 e. The number of rotatable bonds is 13. The lowest BCUT2D eigenvalue weighted by atomic mass is 10.1. The Hall–Kier alpha value is -2.24. The van der Waals surface area contributed by atoms with Crippen LogP contribution in [0.25, 0.3) is 0 Å². The van der Waals surface area contributed by atoms with Crippen molar-refractivity contribution in [2.45, 2.75) is 45.6 Å². The largest absolute Gasteiger partial charge is 0.447 e. The maximum atomic E-state index is 11.5. The van der Waals surface area contributed by atoms with Crippen LogP contribution in [0.15, 0.2) is 0 Å². The monoisotopic (exact) mass is 418 g/mol. The Kier molecular flexibility index (Phi) is 11.2. The molecule has 0 aromatic heterocycles. The summed E-state index contributed by atoms with van der Waals surface area (Å²) in [5.41, 5.74) is -0.347. The molecule has 1 rings (SSSR count). The van der Waals surface area contributed by atoms with E-state index in [-0.39, 0.29) is 51.2 Å². The summed E-state index contributed by atoms with van der Waals surface area (Å²) in [5.74, 6) is -1.74. The van der Waals surface area contributed by atoms with E-state index in [1.165, 1.54) is 0 Å². The van der Waals surface area contributed by atoms with E-state index in [0.29, 0.717) is 24.9 Å². The number of hydrogen-bond donors (Lipinski definition) is 1. The second-order valence-electron chi connectivity index (χ2n) is 7.14. The van der Waals surface area contributed by atoms with Crippen molar-refractivity contribution in [3.8, 4) is 0 Å². The van der Waals surface area contributed by atoms with Crippen LogP contribution in [0.4, 0.5) is 4.79 Å². The number of nitrogens with zero attached hydrogens (tertiary/aromatic N) is 1. The Morgan fingerprint density at radius 1 is 0.862 bits per heavy atom. The highest BCUT2D eigenvalue weighted by molar-refractivity contribution is 6.01. The average molecular weight is 418 g/mol. The fourth-order valence-electron chi connectivity index (χ4n) is 2.04. The van der Waals surface area contributed by atoms with Gasteiger partial charge >= 0.3 is 12.1 Å². The van der Waals surface area contributed by atoms with Crippen molar-refractivity contribution < 1.29 is 43.0 Å². The van der Waals surface area contributed by atoms with E-state index >= 15 is 0 Å². The van der Waals surface area contributed by atoms with E-state index in [0.717, 1.165) is 0 Å². The average Bonchev–Trinajstić information content (AvgIpc) is 2.93. The van der Waals surface area contributed by atoms with Crippen LogP contribution in [-0.4, -0.2) is 80.7 Å². The fraction of sp³-hybridized carbons (Fsp3) is 0.778. The zero-order valence-corrected chi connectivity index (χ0v) is 17.2. The topological polar surface area (TPSA) is 130 Å². The van der Waals surface area contributed by atoms with Crippen molar-refractivity contribution in [1.82, 2.24) is 10.4 Å². The molecule has 0 aromatic rings. The Morgan fingerprint density at radius 2 is 1.34 bits per heavy atom. The predicted molar refractivity (Wildman–Crippen MR) is 98.5 cm³/mol. The van der Waals surface area contributed by atoms with E-state index in [1.54, 1.807) is 0 Å². The maximum absolute atomic E-state index is 11.5. The number of hydroxylamine groups is 2. The van der Waals surface area contributed by atoms with Crippen molar-refractivity contribution in [3.05, 3.63) is 0 Å². The quantitative estimate of drug-likeness (QED) is 0.337. The first-order valence-electron chi connectivity index (χ1n) is 9.44. The highest BCUT2D eigenvalue weighted by atomic mass is 16.7. The van der Waals surface area contributed by atoms with Gasteiger partial charge in [0.2, 0.25) is 0 Å². The number of hydrogen-bond acceptors (Lipinski definition) is 9. The lowest BCUT2D eigenvalue weighted by molar-refractivity contribution is -0.198. The van der Waals surface area contributed by atoms with Crippen LogP contribution in [0.2, 0.25) is 0 Å². The fourth-order valence-corrected chi connectivity index (χ4v) is 2.04. The van der Waals surface area contributed by atoms with Gasteiger partial charge in [-0.05, 0) is 20.8 Å². The van der Waals surface area contributed by atoms with E-state index in [9.17, 15) is 19.2 Å². The number of nitrogens with one attached hydrogen (secondary N) is 1. The Labute approximate surface area is 169 Å². The molecular weight excluding hydrogens is 388 g/mol. The van der Waals surface area contributed by atoms with Crippen molar-refractivity contribution in [2.24, 2.45) is 0 Å². The lowest BCUT2D eigenvalue weighted by Crippen LogP contribution is -2.41. The second kappa shape index (κ2) is 13.1. The van der Waals surface area contributed by atoms with Crippen molar-refractivity contribution in [2.75, 3.05) is 46.2 Å². The first-order valence-corrected chi connectivity index (χ1v) is 9.44. The number of amides is 3. The predicted octanol–water partition coefficient (Wildman–Crippen LogP) is 0.558. The summed E-state index contributed by atoms with van der Waals surface area (Å²) < 4.78 is 20.7. The summed E-state index contributed by atoms with van der Waals surface area (Å²) in [6, 6.07) is 0. The molecule has 11 nitrogen and oxygen atoms in total. The zero-order valence-electron chi connectivity index (χ0n) is 17.2. The molecule has 0 bridgehead atoms. The molecule has 1 N–H and O–H groups in total. The molecule has 1 aliphatic rings. The first kappa shape index (κ1) is 24.8. The molecule has 0 aliphatic carbocycles. The number of alkyl carbamates (subject to hydrolysis) is 1. The van der Waals surface area contributed by atoms with Gasteiger partial charge in [0, 0.05) is 18.4 Å². The van der Waals surface area contributed by atoms with Gasteiger partial charge < -0.3 is 29.1 Å². The van der Waals surface area contributed by atoms with Gasteiger partial charge in [-0.15, -0.1) is 5.06 Å². The molecule has 1 fully saturated rings. The van der Waals surface area contributed by atoms with Crippen LogP contribution in [-0.2, 0) is 38.2 Å². The van der Waals surface area contributed by atoms with E-state index in [1.807, 2.05) is 20.8 Å². The SMILES string of the molecule is CC(C)(C)NC(=O)OCCOCCOCCOCCC(=O)ON1C(=O)CCC1=O. The second-order valence-corrected chi connectivity index (χ2v) is 7.14. The summed E-state index contributed by atoms with van der Waals surface area (Å²) in [6.07, 6.45) is -0.452. The molecule has 29 heavy (non-hydrogen) atoms. The minimum Gasteiger partial charge on any atom is -0.447 e.